The number of aromatic nitrogens is 1. The highest BCUT2D eigenvalue weighted by molar-refractivity contribution is 6.00. The van der Waals surface area contributed by atoms with Gasteiger partial charge in [0.1, 0.15) is 11.5 Å². The number of aryl methyl sites for hydroxylation is 1. The highest BCUT2D eigenvalue weighted by Crippen LogP contribution is 2.43. The van der Waals surface area contributed by atoms with Crippen LogP contribution in [-0.4, -0.2) is 47.3 Å². The molecule has 0 unspecified atom stereocenters. The van der Waals surface area contributed by atoms with Crippen LogP contribution < -0.4 is 9.47 Å². The standard InChI is InChI=1S/C25H30N4O4/c1-3-18-10-5-6-12-20(18)33-16-22(30)26-27-24-23-19(11-9-13-21(23)32-2)29(25(24)31)17-28-14-7-4-8-15-28/h5-6,9-13,31H,3-4,7-8,14-17H2,1-2H3. The van der Waals surface area contributed by atoms with E-state index in [4.69, 9.17) is 9.47 Å². The van der Waals surface area contributed by atoms with Gasteiger partial charge in [-0.25, -0.2) is 0 Å². The first-order chi connectivity index (χ1) is 16.1. The number of carbonyl (C=O) groups is 1. The van der Waals surface area contributed by atoms with E-state index in [2.05, 4.69) is 15.1 Å². The summed E-state index contributed by atoms with van der Waals surface area (Å²) >= 11 is 0. The number of piperidine rings is 1. The Morgan fingerprint density at radius 3 is 2.58 bits per heavy atom. The number of amides is 1. The Labute approximate surface area is 193 Å². The number of aromatic hydroxyl groups is 1. The van der Waals surface area contributed by atoms with Gasteiger partial charge in [-0.05, 0) is 56.1 Å². The van der Waals surface area contributed by atoms with Crippen molar-refractivity contribution in [2.75, 3.05) is 26.8 Å². The number of likely N-dealkylation sites (tertiary alicyclic amines) is 1. The molecule has 4 rings (SSSR count). The van der Waals surface area contributed by atoms with E-state index < -0.39 is 5.91 Å². The maximum atomic E-state index is 12.4. The molecule has 0 saturated carbocycles. The number of benzene rings is 2. The molecule has 1 aliphatic rings. The molecule has 0 bridgehead atoms. The molecule has 8 nitrogen and oxygen atoms in total. The normalized spacial score (nSPS) is 14.7. The summed E-state index contributed by atoms with van der Waals surface area (Å²) in [7, 11) is 1.57. The van der Waals surface area contributed by atoms with Crippen molar-refractivity contribution in [2.45, 2.75) is 39.3 Å². The van der Waals surface area contributed by atoms with E-state index in [1.807, 2.05) is 43.3 Å². The zero-order valence-corrected chi connectivity index (χ0v) is 19.2. The molecule has 1 N–H and O–H groups in total. The fraction of sp³-hybridized carbons (Fsp3) is 0.400. The molecule has 0 spiro atoms. The highest BCUT2D eigenvalue weighted by atomic mass is 16.5. The Morgan fingerprint density at radius 1 is 1.06 bits per heavy atom. The van der Waals surface area contributed by atoms with Crippen LogP contribution in [0.2, 0.25) is 0 Å². The summed E-state index contributed by atoms with van der Waals surface area (Å²) in [6.45, 7) is 4.30. The smallest absolute Gasteiger partial charge is 0.302 e. The maximum absolute atomic E-state index is 12.4. The summed E-state index contributed by atoms with van der Waals surface area (Å²) < 4.78 is 13.0. The zero-order valence-electron chi connectivity index (χ0n) is 19.2. The van der Waals surface area contributed by atoms with Gasteiger partial charge in [-0.15, -0.1) is 10.2 Å². The van der Waals surface area contributed by atoms with E-state index >= 15 is 0 Å². The third-order valence-corrected chi connectivity index (χ3v) is 5.98. The molecule has 1 amide bonds. The van der Waals surface area contributed by atoms with Gasteiger partial charge in [0.05, 0.1) is 24.7 Å². The van der Waals surface area contributed by atoms with Gasteiger partial charge in [-0.1, -0.05) is 37.6 Å². The molecule has 1 fully saturated rings. The number of hydrogen-bond donors (Lipinski definition) is 1. The van der Waals surface area contributed by atoms with Gasteiger partial charge in [-0.3, -0.25) is 14.3 Å². The fourth-order valence-corrected chi connectivity index (χ4v) is 4.26. The molecule has 2 heterocycles. The molecule has 33 heavy (non-hydrogen) atoms. The van der Waals surface area contributed by atoms with Gasteiger partial charge < -0.3 is 14.6 Å². The molecule has 0 atom stereocenters. The van der Waals surface area contributed by atoms with E-state index in [0.29, 0.717) is 23.6 Å². The molecule has 1 aliphatic heterocycles. The monoisotopic (exact) mass is 450 g/mol. The van der Waals surface area contributed by atoms with Crippen LogP contribution in [0, 0.1) is 0 Å². The van der Waals surface area contributed by atoms with E-state index in [1.165, 1.54) is 6.42 Å². The largest absolute Gasteiger partial charge is 0.496 e. The number of ether oxygens (including phenoxy) is 2. The highest BCUT2D eigenvalue weighted by Gasteiger charge is 2.22. The molecule has 0 radical (unpaired) electrons. The Bertz CT molecular complexity index is 1150. The SMILES string of the molecule is CCc1ccccc1OCC(=O)N=Nc1c(O)n(CN2CCCCC2)c2cccc(OC)c12. The van der Waals surface area contributed by atoms with Crippen molar-refractivity contribution < 1.29 is 19.4 Å². The van der Waals surface area contributed by atoms with Gasteiger partial charge >= 0.3 is 5.91 Å². The average Bonchev–Trinajstić information content (AvgIpc) is 3.12. The van der Waals surface area contributed by atoms with Crippen LogP contribution >= 0.6 is 0 Å². The minimum atomic E-state index is -0.535. The molecular formula is C25H30N4O4. The number of methoxy groups -OCH3 is 1. The zero-order chi connectivity index (χ0) is 23.2. The summed E-state index contributed by atoms with van der Waals surface area (Å²) in [6.07, 6.45) is 4.32. The number of azo groups is 1. The van der Waals surface area contributed by atoms with Crippen LogP contribution in [0.5, 0.6) is 17.4 Å². The third-order valence-electron chi connectivity index (χ3n) is 5.98. The summed E-state index contributed by atoms with van der Waals surface area (Å²) in [4.78, 5) is 14.7. The maximum Gasteiger partial charge on any atom is 0.302 e. The number of para-hydroxylation sites is 1. The predicted octanol–water partition coefficient (Wildman–Crippen LogP) is 5.05. The van der Waals surface area contributed by atoms with E-state index in [0.717, 1.165) is 43.4 Å². The first-order valence-electron chi connectivity index (χ1n) is 11.4. The summed E-state index contributed by atoms with van der Waals surface area (Å²) in [5.41, 5.74) is 2.03. The van der Waals surface area contributed by atoms with Gasteiger partial charge in [0.25, 0.3) is 0 Å². The van der Waals surface area contributed by atoms with Gasteiger partial charge in [0.15, 0.2) is 12.3 Å². The van der Waals surface area contributed by atoms with Crippen molar-refractivity contribution in [3.63, 3.8) is 0 Å². The van der Waals surface area contributed by atoms with Gasteiger partial charge in [0, 0.05) is 0 Å². The second-order valence-electron chi connectivity index (χ2n) is 8.12. The predicted molar refractivity (Wildman–Crippen MR) is 126 cm³/mol. The molecule has 174 valence electrons. The van der Waals surface area contributed by atoms with Crippen molar-refractivity contribution in [1.29, 1.82) is 0 Å². The van der Waals surface area contributed by atoms with Crippen LogP contribution in [-0.2, 0) is 17.9 Å². The Kier molecular flexibility index (Phi) is 7.24. The lowest BCUT2D eigenvalue weighted by molar-refractivity contribution is -0.120. The van der Waals surface area contributed by atoms with Crippen LogP contribution in [0.3, 0.4) is 0 Å². The fourth-order valence-electron chi connectivity index (χ4n) is 4.26. The lowest BCUT2D eigenvalue weighted by Crippen LogP contribution is -2.31. The number of carbonyl (C=O) groups excluding carboxylic acids is 1. The lowest BCUT2D eigenvalue weighted by atomic mass is 10.1. The average molecular weight is 451 g/mol. The summed E-state index contributed by atoms with van der Waals surface area (Å²) in [5.74, 6) is 0.655. The van der Waals surface area contributed by atoms with Crippen molar-refractivity contribution >= 4 is 22.5 Å². The van der Waals surface area contributed by atoms with E-state index in [-0.39, 0.29) is 18.2 Å². The molecule has 3 aromatic rings. The van der Waals surface area contributed by atoms with Crippen molar-refractivity contribution in [3.8, 4) is 17.4 Å². The number of rotatable bonds is 8. The summed E-state index contributed by atoms with van der Waals surface area (Å²) in [6, 6.07) is 13.2. The molecule has 1 saturated heterocycles. The summed E-state index contributed by atoms with van der Waals surface area (Å²) in [5, 5.41) is 19.6. The van der Waals surface area contributed by atoms with Gasteiger partial charge in [-0.2, -0.15) is 0 Å². The van der Waals surface area contributed by atoms with Crippen LogP contribution in [0.1, 0.15) is 31.7 Å². The molecule has 1 aromatic heterocycles. The topological polar surface area (TPSA) is 88.7 Å². The lowest BCUT2D eigenvalue weighted by Gasteiger charge is -2.27. The Balaban J connectivity index is 1.59. The van der Waals surface area contributed by atoms with Crippen molar-refractivity contribution in [3.05, 3.63) is 48.0 Å². The quantitative estimate of drug-likeness (QED) is 0.485. The number of hydrogen-bond acceptors (Lipinski definition) is 6. The molecule has 0 aliphatic carbocycles. The van der Waals surface area contributed by atoms with Crippen LogP contribution in [0.4, 0.5) is 5.69 Å². The van der Waals surface area contributed by atoms with Crippen LogP contribution in [0.15, 0.2) is 52.7 Å². The first kappa shape index (κ1) is 22.8. The van der Waals surface area contributed by atoms with Gasteiger partial charge in [0.2, 0.25) is 5.88 Å². The second kappa shape index (κ2) is 10.5. The molecule has 2 aromatic carbocycles. The second-order valence-corrected chi connectivity index (χ2v) is 8.12. The molecular weight excluding hydrogens is 420 g/mol. The minimum Gasteiger partial charge on any atom is -0.496 e. The van der Waals surface area contributed by atoms with Crippen molar-refractivity contribution in [2.24, 2.45) is 10.2 Å². The minimum absolute atomic E-state index is 0.0335. The van der Waals surface area contributed by atoms with E-state index in [9.17, 15) is 9.90 Å². The number of nitrogens with zero attached hydrogens (tertiary/aromatic N) is 4. The third kappa shape index (κ3) is 5.01. The van der Waals surface area contributed by atoms with E-state index in [1.54, 1.807) is 17.7 Å². The number of fused-ring (bicyclic) bond motifs is 1. The van der Waals surface area contributed by atoms with Crippen molar-refractivity contribution in [1.82, 2.24) is 9.47 Å². The van der Waals surface area contributed by atoms with Crippen LogP contribution in [0.25, 0.3) is 10.9 Å². The Hall–Kier alpha value is -3.39. The molecule has 8 heteroatoms. The first-order valence-corrected chi connectivity index (χ1v) is 11.4. The Morgan fingerprint density at radius 2 is 1.82 bits per heavy atom.